The molecule has 2 rings (SSSR count). The minimum absolute atomic E-state index is 0. The summed E-state index contributed by atoms with van der Waals surface area (Å²) in [5.74, 6) is 0. The molecule has 0 fully saturated rings. The van der Waals surface area contributed by atoms with E-state index in [4.69, 9.17) is 0 Å². The van der Waals surface area contributed by atoms with Crippen LogP contribution >= 0.6 is 0 Å². The van der Waals surface area contributed by atoms with Gasteiger partial charge in [-0.2, -0.15) is 12.2 Å². The van der Waals surface area contributed by atoms with Crippen LogP contribution in [-0.4, -0.2) is 11.0 Å². The summed E-state index contributed by atoms with van der Waals surface area (Å²) in [4.78, 5) is 0. The smallest absolute Gasteiger partial charge is 1.00 e. The summed E-state index contributed by atoms with van der Waals surface area (Å²) >= 11 is 0. The van der Waals surface area contributed by atoms with Crippen LogP contribution < -0.4 is 17.0 Å². The van der Waals surface area contributed by atoms with Crippen LogP contribution in [0.5, 0.6) is 0 Å². The van der Waals surface area contributed by atoms with Crippen molar-refractivity contribution in [1.29, 1.82) is 0 Å². The van der Waals surface area contributed by atoms with Gasteiger partial charge in [0.25, 0.3) is 0 Å². The Labute approximate surface area is 115 Å². The van der Waals surface area contributed by atoms with Gasteiger partial charge in [0.15, 0.2) is 0 Å². The fourth-order valence-corrected chi connectivity index (χ4v) is 0.680. The minimum atomic E-state index is 0. The van der Waals surface area contributed by atoms with Gasteiger partial charge in [0.05, 0.1) is 0 Å². The monoisotopic (exact) mass is 330 g/mol. The molecule has 0 aromatic carbocycles. The average molecular weight is 332 g/mol. The van der Waals surface area contributed by atoms with Gasteiger partial charge in [0, 0.05) is 0 Å². The molecule has 0 saturated carbocycles. The second-order valence-corrected chi connectivity index (χ2v) is 2.01. The molecule has 0 spiro atoms. The largest absolute Gasteiger partial charge is 3.00 e. The standard InChI is InChI=1S/2C5H5.BrH.H3Si.Zr/c2*1-2-4-5-3-1;;;/h2*1-3H,4H2;1H;1H3;/q2*-1;;;+3/p-1. The van der Waals surface area contributed by atoms with Gasteiger partial charge in [-0.1, -0.05) is 0 Å². The maximum Gasteiger partial charge on any atom is 3.00 e. The van der Waals surface area contributed by atoms with Gasteiger partial charge in [0.2, 0.25) is 0 Å². The maximum absolute atomic E-state index is 2.99. The Bertz CT molecular complexity index is 153. The zero-order chi connectivity index (χ0) is 7.07. The molecule has 2 radical (unpaired) electrons. The average Bonchev–Trinajstić information content (AvgIpc) is 2.67. The quantitative estimate of drug-likeness (QED) is 0.371. The molecule has 0 nitrogen and oxygen atoms in total. The summed E-state index contributed by atoms with van der Waals surface area (Å²) in [6.45, 7) is 0. The number of rotatable bonds is 0. The van der Waals surface area contributed by atoms with Crippen molar-refractivity contribution < 1.29 is 43.2 Å². The van der Waals surface area contributed by atoms with E-state index in [1.165, 1.54) is 0 Å². The molecule has 0 amide bonds. The summed E-state index contributed by atoms with van der Waals surface area (Å²) in [7, 11) is 0. The summed E-state index contributed by atoms with van der Waals surface area (Å²) in [5, 5.41) is 0. The van der Waals surface area contributed by atoms with Crippen LogP contribution in [0.15, 0.2) is 36.5 Å². The first-order chi connectivity index (χ1) is 5.00. The Morgan fingerprint density at radius 2 is 1.23 bits per heavy atom. The summed E-state index contributed by atoms with van der Waals surface area (Å²) in [5.41, 5.74) is 0. The Balaban J connectivity index is -0.000000125. The third-order valence-electron chi connectivity index (χ3n) is 1.17. The molecule has 0 bridgehead atoms. The normalized spacial score (nSPS) is 13.5. The van der Waals surface area contributed by atoms with Crippen LogP contribution in [0.3, 0.4) is 0 Å². The first-order valence-corrected chi connectivity index (χ1v) is 3.43. The molecular weight excluding hydrogens is 319 g/mol. The topological polar surface area (TPSA) is 0 Å². The predicted octanol–water partition coefficient (Wildman–Crippen LogP) is -1.57. The zero-order valence-electron chi connectivity index (χ0n) is 7.76. The van der Waals surface area contributed by atoms with Crippen LogP contribution in [0.4, 0.5) is 0 Å². The van der Waals surface area contributed by atoms with Crippen molar-refractivity contribution >= 4 is 11.0 Å². The van der Waals surface area contributed by atoms with Gasteiger partial charge < -0.3 is 17.0 Å². The number of hydrogen-bond donors (Lipinski definition) is 0. The molecule has 0 saturated heterocycles. The van der Waals surface area contributed by atoms with Gasteiger partial charge in [-0.3, -0.25) is 12.2 Å². The summed E-state index contributed by atoms with van der Waals surface area (Å²) < 4.78 is 0. The van der Waals surface area contributed by atoms with Crippen molar-refractivity contribution in [2.75, 3.05) is 0 Å². The molecule has 0 aromatic heterocycles. The van der Waals surface area contributed by atoms with Crippen molar-refractivity contribution in [3.63, 3.8) is 0 Å². The molecule has 0 heterocycles. The number of allylic oxidation sites excluding steroid dienone is 8. The van der Waals surface area contributed by atoms with Crippen LogP contribution in [0.25, 0.3) is 0 Å². The second kappa shape index (κ2) is 15.0. The molecule has 68 valence electrons. The van der Waals surface area contributed by atoms with Crippen molar-refractivity contribution in [3.8, 4) is 0 Å². The van der Waals surface area contributed by atoms with Gasteiger partial charge in [-0.05, 0) is 11.0 Å². The first-order valence-electron chi connectivity index (χ1n) is 3.43. The third kappa shape index (κ3) is 12.5. The second-order valence-electron chi connectivity index (χ2n) is 2.01. The fraction of sp³-hybridized carbons (Fsp3) is 0.200. The Hall–Kier alpha value is 0.540. The number of hydrogen-bond acceptors (Lipinski definition) is 0. The maximum atomic E-state index is 2.99. The summed E-state index contributed by atoms with van der Waals surface area (Å²) in [6.07, 6.45) is 20.0. The van der Waals surface area contributed by atoms with Crippen LogP contribution in [-0.2, 0) is 26.2 Å². The SMILES string of the molecule is [Br-].[C-]1=CC=CC1.[C-]1=CC=CC1.[SiH3].[Zr+3]. The van der Waals surface area contributed by atoms with Gasteiger partial charge in [-0.25, -0.2) is 24.3 Å². The molecule has 13 heavy (non-hydrogen) atoms. The third-order valence-corrected chi connectivity index (χ3v) is 1.17. The molecule has 0 atom stereocenters. The van der Waals surface area contributed by atoms with Crippen molar-refractivity contribution in [3.05, 3.63) is 48.6 Å². The van der Waals surface area contributed by atoms with E-state index < -0.39 is 0 Å². The minimum Gasteiger partial charge on any atom is -1.00 e. The predicted molar refractivity (Wildman–Crippen MR) is 53.1 cm³/mol. The van der Waals surface area contributed by atoms with E-state index in [1.807, 2.05) is 24.3 Å². The van der Waals surface area contributed by atoms with Crippen LogP contribution in [0.1, 0.15) is 12.8 Å². The molecule has 3 heteroatoms. The molecular formula is C10H13BrSiZr. The summed E-state index contributed by atoms with van der Waals surface area (Å²) in [6, 6.07) is 0. The molecule has 0 aliphatic heterocycles. The zero-order valence-corrected chi connectivity index (χ0v) is 13.8. The Morgan fingerprint density at radius 1 is 0.846 bits per heavy atom. The van der Waals surface area contributed by atoms with E-state index in [2.05, 4.69) is 24.3 Å². The molecule has 0 aromatic rings. The van der Waals surface area contributed by atoms with E-state index in [-0.39, 0.29) is 54.2 Å². The van der Waals surface area contributed by atoms with E-state index >= 15 is 0 Å². The number of halogens is 1. The molecule has 0 N–H and O–H groups in total. The molecule has 2 aliphatic rings. The van der Waals surface area contributed by atoms with Gasteiger partial charge in [0.1, 0.15) is 0 Å². The molecule has 0 unspecified atom stereocenters. The fourth-order valence-electron chi connectivity index (χ4n) is 0.680. The van der Waals surface area contributed by atoms with E-state index in [9.17, 15) is 0 Å². The van der Waals surface area contributed by atoms with E-state index in [1.54, 1.807) is 0 Å². The Kier molecular flexibility index (Phi) is 22.2. The van der Waals surface area contributed by atoms with E-state index in [0.29, 0.717) is 0 Å². The first kappa shape index (κ1) is 19.2. The van der Waals surface area contributed by atoms with Gasteiger partial charge >= 0.3 is 26.2 Å². The van der Waals surface area contributed by atoms with E-state index in [0.717, 1.165) is 12.8 Å². The molecule has 2 aliphatic carbocycles. The van der Waals surface area contributed by atoms with Crippen molar-refractivity contribution in [1.82, 2.24) is 0 Å². The Morgan fingerprint density at radius 3 is 1.31 bits per heavy atom. The van der Waals surface area contributed by atoms with Crippen molar-refractivity contribution in [2.45, 2.75) is 12.8 Å². The van der Waals surface area contributed by atoms with Crippen LogP contribution in [0, 0.1) is 12.2 Å². The van der Waals surface area contributed by atoms with Gasteiger partial charge in [-0.15, -0.1) is 12.8 Å². The van der Waals surface area contributed by atoms with Crippen molar-refractivity contribution in [2.24, 2.45) is 0 Å². The van der Waals surface area contributed by atoms with Crippen LogP contribution in [0.2, 0.25) is 0 Å².